The minimum atomic E-state index is -1.35. The summed E-state index contributed by atoms with van der Waals surface area (Å²) in [7, 11) is 1.35. The van der Waals surface area contributed by atoms with Gasteiger partial charge in [-0.2, -0.15) is 4.39 Å². The van der Waals surface area contributed by atoms with E-state index >= 15 is 0 Å². The third-order valence-electron chi connectivity index (χ3n) is 2.19. The molecule has 1 aromatic rings. The third-order valence-corrected chi connectivity index (χ3v) is 2.19. The predicted octanol–water partition coefficient (Wildman–Crippen LogP) is 2.13. The van der Waals surface area contributed by atoms with Crippen LogP contribution in [0.25, 0.3) is 0 Å². The number of hydrogen-bond donors (Lipinski definition) is 0. The fourth-order valence-electron chi connectivity index (χ4n) is 1.35. The van der Waals surface area contributed by atoms with Crippen LogP contribution in [0.5, 0.6) is 0 Å². The molecule has 0 spiro atoms. The predicted molar refractivity (Wildman–Crippen MR) is 60.2 cm³/mol. The van der Waals surface area contributed by atoms with Crippen molar-refractivity contribution in [2.75, 3.05) is 13.6 Å². The molecular weight excluding hydrogens is 246 g/mol. The van der Waals surface area contributed by atoms with Crippen LogP contribution < -0.4 is 0 Å². The second-order valence-electron chi connectivity index (χ2n) is 3.52. The Hall–Kier alpha value is -2.31. The van der Waals surface area contributed by atoms with Crippen LogP contribution in [0.15, 0.2) is 24.8 Å². The summed E-state index contributed by atoms with van der Waals surface area (Å²) in [6.07, 6.45) is 1.39. The Morgan fingerprint density at radius 3 is 2.67 bits per heavy atom. The molecule has 0 fully saturated rings. The van der Waals surface area contributed by atoms with Crippen LogP contribution >= 0.6 is 0 Å². The van der Waals surface area contributed by atoms with Crippen molar-refractivity contribution in [1.82, 2.24) is 4.90 Å². The second kappa shape index (κ2) is 5.35. The Balaban J connectivity index is 3.28. The molecule has 0 saturated carbocycles. The van der Waals surface area contributed by atoms with Gasteiger partial charge in [0, 0.05) is 13.6 Å². The number of benzene rings is 1. The van der Waals surface area contributed by atoms with Crippen LogP contribution in [0.1, 0.15) is 10.4 Å². The van der Waals surface area contributed by atoms with Gasteiger partial charge in [-0.3, -0.25) is 14.9 Å². The van der Waals surface area contributed by atoms with Gasteiger partial charge in [-0.05, 0) is 6.07 Å². The van der Waals surface area contributed by atoms with E-state index in [0.717, 1.165) is 4.90 Å². The minimum absolute atomic E-state index is 0.114. The van der Waals surface area contributed by atoms with E-state index in [1.807, 2.05) is 0 Å². The molecule has 1 amide bonds. The number of rotatable bonds is 4. The Morgan fingerprint density at radius 2 is 2.17 bits per heavy atom. The van der Waals surface area contributed by atoms with Gasteiger partial charge in [-0.25, -0.2) is 4.39 Å². The third kappa shape index (κ3) is 2.68. The molecule has 7 heteroatoms. The first-order valence-corrected chi connectivity index (χ1v) is 4.88. The van der Waals surface area contributed by atoms with Crippen LogP contribution in [0.3, 0.4) is 0 Å². The van der Waals surface area contributed by atoms with E-state index in [9.17, 15) is 23.7 Å². The molecule has 0 saturated heterocycles. The summed E-state index contributed by atoms with van der Waals surface area (Å²) in [6.45, 7) is 3.51. The summed E-state index contributed by atoms with van der Waals surface area (Å²) in [4.78, 5) is 22.2. The standard InChI is InChI=1S/C11H10F2N2O3/c1-3-4-14(2)11(16)8-5-7(12)6-9(10(8)13)15(17)18/h3,5-6H,1,4H2,2H3. The number of nitrogens with zero attached hydrogens (tertiary/aromatic N) is 2. The van der Waals surface area contributed by atoms with Crippen molar-refractivity contribution in [2.45, 2.75) is 0 Å². The molecule has 0 aliphatic rings. The number of halogens is 2. The maximum absolute atomic E-state index is 13.7. The van der Waals surface area contributed by atoms with Crippen molar-refractivity contribution in [3.63, 3.8) is 0 Å². The average molecular weight is 256 g/mol. The molecule has 0 bridgehead atoms. The maximum atomic E-state index is 13.7. The average Bonchev–Trinajstić information content (AvgIpc) is 2.30. The Labute approximate surface area is 101 Å². The summed E-state index contributed by atoms with van der Waals surface area (Å²) in [5, 5.41) is 10.5. The molecular formula is C11H10F2N2O3. The zero-order valence-electron chi connectivity index (χ0n) is 9.52. The van der Waals surface area contributed by atoms with Gasteiger partial charge in [-0.15, -0.1) is 6.58 Å². The molecule has 1 aromatic carbocycles. The number of hydrogen-bond acceptors (Lipinski definition) is 3. The lowest BCUT2D eigenvalue weighted by Gasteiger charge is -2.15. The first-order valence-electron chi connectivity index (χ1n) is 4.88. The highest BCUT2D eigenvalue weighted by Gasteiger charge is 2.25. The van der Waals surface area contributed by atoms with Crippen LogP contribution in [-0.2, 0) is 0 Å². The summed E-state index contributed by atoms with van der Waals surface area (Å²) in [6, 6.07) is 1.06. The van der Waals surface area contributed by atoms with Crippen LogP contribution in [0.2, 0.25) is 0 Å². The summed E-state index contributed by atoms with van der Waals surface area (Å²) in [5.74, 6) is -3.24. The van der Waals surface area contributed by atoms with Gasteiger partial charge < -0.3 is 4.90 Å². The van der Waals surface area contributed by atoms with E-state index < -0.39 is 33.7 Å². The van der Waals surface area contributed by atoms with Gasteiger partial charge in [0.1, 0.15) is 5.82 Å². The number of carbonyl (C=O) groups is 1. The summed E-state index contributed by atoms with van der Waals surface area (Å²) < 4.78 is 26.8. The van der Waals surface area contributed by atoms with Crippen molar-refractivity contribution in [3.05, 3.63) is 52.1 Å². The fourth-order valence-corrected chi connectivity index (χ4v) is 1.35. The SMILES string of the molecule is C=CCN(C)C(=O)c1cc(F)cc([N+](=O)[O-])c1F. The van der Waals surface area contributed by atoms with Gasteiger partial charge in [0.05, 0.1) is 16.6 Å². The lowest BCUT2D eigenvalue weighted by Crippen LogP contribution is -2.27. The van der Waals surface area contributed by atoms with Crippen molar-refractivity contribution in [3.8, 4) is 0 Å². The number of nitro groups is 1. The number of carbonyl (C=O) groups excluding carboxylic acids is 1. The topological polar surface area (TPSA) is 63.5 Å². The monoisotopic (exact) mass is 256 g/mol. The number of amides is 1. The molecule has 0 radical (unpaired) electrons. The molecule has 5 nitrogen and oxygen atoms in total. The number of likely N-dealkylation sites (N-methyl/N-ethyl adjacent to an activating group) is 1. The Bertz CT molecular complexity index is 517. The van der Waals surface area contributed by atoms with Crippen LogP contribution in [-0.4, -0.2) is 29.3 Å². The van der Waals surface area contributed by atoms with E-state index in [0.29, 0.717) is 12.1 Å². The van der Waals surface area contributed by atoms with E-state index in [2.05, 4.69) is 6.58 Å². The van der Waals surface area contributed by atoms with Gasteiger partial charge in [-0.1, -0.05) is 6.08 Å². The van der Waals surface area contributed by atoms with Crippen molar-refractivity contribution < 1.29 is 18.5 Å². The molecule has 0 aliphatic heterocycles. The second-order valence-corrected chi connectivity index (χ2v) is 3.52. The number of nitro benzene ring substituents is 1. The lowest BCUT2D eigenvalue weighted by molar-refractivity contribution is -0.387. The van der Waals surface area contributed by atoms with Crippen molar-refractivity contribution in [2.24, 2.45) is 0 Å². The molecule has 0 aromatic heterocycles. The van der Waals surface area contributed by atoms with Crippen molar-refractivity contribution in [1.29, 1.82) is 0 Å². The molecule has 1 rings (SSSR count). The van der Waals surface area contributed by atoms with Crippen molar-refractivity contribution >= 4 is 11.6 Å². The Morgan fingerprint density at radius 1 is 1.56 bits per heavy atom. The molecule has 0 heterocycles. The highest BCUT2D eigenvalue weighted by molar-refractivity contribution is 5.95. The molecule has 0 N–H and O–H groups in total. The van der Waals surface area contributed by atoms with Gasteiger partial charge in [0.15, 0.2) is 0 Å². The van der Waals surface area contributed by atoms with Gasteiger partial charge in [0.2, 0.25) is 5.82 Å². The van der Waals surface area contributed by atoms with E-state index in [4.69, 9.17) is 0 Å². The van der Waals surface area contributed by atoms with Crippen LogP contribution in [0.4, 0.5) is 14.5 Å². The summed E-state index contributed by atoms with van der Waals surface area (Å²) in [5.41, 5.74) is -1.74. The molecule has 0 atom stereocenters. The zero-order valence-corrected chi connectivity index (χ0v) is 9.52. The smallest absolute Gasteiger partial charge is 0.308 e. The summed E-state index contributed by atoms with van der Waals surface area (Å²) >= 11 is 0. The molecule has 0 aliphatic carbocycles. The lowest BCUT2D eigenvalue weighted by atomic mass is 10.1. The highest BCUT2D eigenvalue weighted by atomic mass is 19.1. The first kappa shape index (κ1) is 13.8. The minimum Gasteiger partial charge on any atom is -0.338 e. The van der Waals surface area contributed by atoms with Crippen LogP contribution in [0, 0.1) is 21.7 Å². The highest BCUT2D eigenvalue weighted by Crippen LogP contribution is 2.23. The van der Waals surface area contributed by atoms with E-state index in [1.54, 1.807) is 0 Å². The largest absolute Gasteiger partial charge is 0.338 e. The van der Waals surface area contributed by atoms with Gasteiger partial charge >= 0.3 is 5.69 Å². The molecule has 96 valence electrons. The molecule has 0 unspecified atom stereocenters. The maximum Gasteiger partial charge on any atom is 0.308 e. The van der Waals surface area contributed by atoms with Gasteiger partial charge in [0.25, 0.3) is 5.91 Å². The Kier molecular flexibility index (Phi) is 4.09. The first-order chi connectivity index (χ1) is 8.38. The van der Waals surface area contributed by atoms with E-state index in [1.165, 1.54) is 13.1 Å². The van der Waals surface area contributed by atoms with E-state index in [-0.39, 0.29) is 6.54 Å². The normalized spacial score (nSPS) is 9.94. The molecule has 18 heavy (non-hydrogen) atoms. The quantitative estimate of drug-likeness (QED) is 0.471. The zero-order chi connectivity index (χ0) is 13.9. The fraction of sp³-hybridized carbons (Fsp3) is 0.182.